The van der Waals surface area contributed by atoms with E-state index >= 15 is 0 Å². The first-order valence-corrected chi connectivity index (χ1v) is 5.80. The smallest absolute Gasteiger partial charge is 0.253 e. The number of hydrogen-bond donors (Lipinski definition) is 1. The summed E-state index contributed by atoms with van der Waals surface area (Å²) in [4.78, 5) is 8.31. The van der Waals surface area contributed by atoms with Crippen LogP contribution in [-0.2, 0) is 18.4 Å². The Kier molecular flexibility index (Phi) is 2.64. The lowest BCUT2D eigenvalue weighted by Gasteiger charge is -2.38. The first-order chi connectivity index (χ1) is 8.66. The fourth-order valence-electron chi connectivity index (χ4n) is 1.81. The third-order valence-corrected chi connectivity index (χ3v) is 3.06. The van der Waals surface area contributed by atoms with Crippen LogP contribution in [0.5, 0.6) is 0 Å². The van der Waals surface area contributed by atoms with Crippen LogP contribution in [0.4, 0.5) is 0 Å². The van der Waals surface area contributed by atoms with Gasteiger partial charge in [0, 0.05) is 20.1 Å². The molecule has 1 fully saturated rings. The number of nitrogens with zero attached hydrogens (tertiary/aromatic N) is 4. The van der Waals surface area contributed by atoms with Crippen molar-refractivity contribution in [2.75, 3.05) is 13.1 Å². The molecule has 1 aliphatic heterocycles. The Morgan fingerprint density at radius 3 is 3.00 bits per heavy atom. The molecule has 2 aromatic rings. The van der Waals surface area contributed by atoms with Crippen molar-refractivity contribution in [1.29, 1.82) is 0 Å². The highest BCUT2D eigenvalue weighted by molar-refractivity contribution is 5.46. The highest BCUT2D eigenvalue weighted by Gasteiger charge is 2.33. The van der Waals surface area contributed by atoms with Gasteiger partial charge in [0.05, 0.1) is 18.1 Å². The highest BCUT2D eigenvalue weighted by atomic mass is 16.5. The fraction of sp³-hybridized carbons (Fsp3) is 0.545. The minimum Gasteiger partial charge on any atom is -0.363 e. The van der Waals surface area contributed by atoms with Gasteiger partial charge >= 0.3 is 0 Å². The minimum absolute atomic E-state index is 0.110. The molecule has 7 nitrogen and oxygen atoms in total. The number of nitrogens with one attached hydrogen (secondary N) is 1. The SMILES string of the molecule is Cn1cncc1-c1noc(COC2(C)CNC2)n1. The second-order valence-electron chi connectivity index (χ2n) is 4.74. The van der Waals surface area contributed by atoms with Gasteiger partial charge in [-0.2, -0.15) is 4.98 Å². The quantitative estimate of drug-likeness (QED) is 0.842. The van der Waals surface area contributed by atoms with E-state index in [4.69, 9.17) is 9.26 Å². The van der Waals surface area contributed by atoms with Crippen LogP contribution in [0.2, 0.25) is 0 Å². The minimum atomic E-state index is -0.110. The average Bonchev–Trinajstić information content (AvgIpc) is 2.92. The monoisotopic (exact) mass is 249 g/mol. The van der Waals surface area contributed by atoms with E-state index in [2.05, 4.69) is 27.4 Å². The summed E-state index contributed by atoms with van der Waals surface area (Å²) in [7, 11) is 1.88. The molecule has 2 aromatic heterocycles. The molecule has 3 rings (SSSR count). The maximum Gasteiger partial charge on any atom is 0.253 e. The van der Waals surface area contributed by atoms with Crippen LogP contribution in [0.25, 0.3) is 11.5 Å². The summed E-state index contributed by atoms with van der Waals surface area (Å²) in [5.74, 6) is 1.02. The molecule has 18 heavy (non-hydrogen) atoms. The molecule has 1 N–H and O–H groups in total. The van der Waals surface area contributed by atoms with Gasteiger partial charge in [-0.25, -0.2) is 4.98 Å². The summed E-state index contributed by atoms with van der Waals surface area (Å²) in [5.41, 5.74) is 0.711. The first-order valence-electron chi connectivity index (χ1n) is 5.80. The number of aromatic nitrogens is 4. The third kappa shape index (κ3) is 2.02. The highest BCUT2D eigenvalue weighted by Crippen LogP contribution is 2.19. The number of ether oxygens (including phenoxy) is 1. The molecule has 0 unspecified atom stereocenters. The summed E-state index contributed by atoms with van der Waals surface area (Å²) in [5, 5.41) is 7.09. The van der Waals surface area contributed by atoms with Crippen molar-refractivity contribution < 1.29 is 9.26 Å². The molecule has 7 heteroatoms. The Bertz CT molecular complexity index is 543. The van der Waals surface area contributed by atoms with Crippen LogP contribution in [0.1, 0.15) is 12.8 Å². The molecule has 1 aliphatic rings. The van der Waals surface area contributed by atoms with Crippen LogP contribution >= 0.6 is 0 Å². The van der Waals surface area contributed by atoms with Crippen LogP contribution in [0.3, 0.4) is 0 Å². The van der Waals surface area contributed by atoms with Gasteiger partial charge in [0.25, 0.3) is 5.89 Å². The van der Waals surface area contributed by atoms with Gasteiger partial charge in [-0.3, -0.25) is 0 Å². The van der Waals surface area contributed by atoms with E-state index in [0.29, 0.717) is 18.3 Å². The molecule has 0 spiro atoms. The zero-order valence-corrected chi connectivity index (χ0v) is 10.4. The molecular formula is C11H15N5O2. The molecule has 0 radical (unpaired) electrons. The van der Waals surface area contributed by atoms with E-state index in [1.165, 1.54) is 0 Å². The molecule has 3 heterocycles. The Hall–Kier alpha value is -1.73. The van der Waals surface area contributed by atoms with Crippen LogP contribution in [0.15, 0.2) is 17.0 Å². The van der Waals surface area contributed by atoms with Gasteiger partial charge in [-0.15, -0.1) is 0 Å². The number of hydrogen-bond acceptors (Lipinski definition) is 6. The molecule has 0 bridgehead atoms. The van der Waals surface area contributed by atoms with Crippen molar-refractivity contribution in [3.63, 3.8) is 0 Å². The largest absolute Gasteiger partial charge is 0.363 e. The van der Waals surface area contributed by atoms with Crippen molar-refractivity contribution in [3.05, 3.63) is 18.4 Å². The van der Waals surface area contributed by atoms with E-state index in [9.17, 15) is 0 Å². The van der Waals surface area contributed by atoms with Crippen LogP contribution in [0, 0.1) is 0 Å². The van der Waals surface area contributed by atoms with Gasteiger partial charge in [0.2, 0.25) is 5.82 Å². The van der Waals surface area contributed by atoms with Crippen molar-refractivity contribution in [2.24, 2.45) is 7.05 Å². The van der Waals surface area contributed by atoms with Gasteiger partial charge < -0.3 is 19.1 Å². The second kappa shape index (κ2) is 4.18. The molecule has 0 aliphatic carbocycles. The van der Waals surface area contributed by atoms with E-state index in [1.807, 2.05) is 11.6 Å². The molecule has 0 amide bonds. The predicted octanol–water partition coefficient (Wildman–Crippen LogP) is 0.349. The summed E-state index contributed by atoms with van der Waals surface area (Å²) in [6.07, 6.45) is 3.40. The van der Waals surface area contributed by atoms with Gasteiger partial charge in [-0.05, 0) is 6.92 Å². The summed E-state index contributed by atoms with van der Waals surface area (Å²) >= 11 is 0. The van der Waals surface area contributed by atoms with Crippen LogP contribution in [-0.4, -0.2) is 38.4 Å². The molecule has 0 aromatic carbocycles. The summed E-state index contributed by atoms with van der Waals surface area (Å²) < 4.78 is 12.7. The van der Waals surface area contributed by atoms with E-state index in [1.54, 1.807) is 12.5 Å². The van der Waals surface area contributed by atoms with Crippen molar-refractivity contribution >= 4 is 0 Å². The number of imidazole rings is 1. The Morgan fingerprint density at radius 2 is 2.39 bits per heavy atom. The zero-order valence-electron chi connectivity index (χ0n) is 10.4. The fourth-order valence-corrected chi connectivity index (χ4v) is 1.81. The van der Waals surface area contributed by atoms with E-state index in [0.717, 1.165) is 18.8 Å². The summed E-state index contributed by atoms with van der Waals surface area (Å²) in [6.45, 7) is 4.11. The van der Waals surface area contributed by atoms with Gasteiger partial charge in [0.15, 0.2) is 0 Å². The zero-order chi connectivity index (χ0) is 12.6. The Labute approximate surface area is 104 Å². The number of rotatable bonds is 4. The predicted molar refractivity (Wildman–Crippen MR) is 62.6 cm³/mol. The van der Waals surface area contributed by atoms with Crippen LogP contribution < -0.4 is 5.32 Å². The molecule has 0 atom stereocenters. The van der Waals surface area contributed by atoms with Gasteiger partial charge in [0.1, 0.15) is 12.3 Å². The van der Waals surface area contributed by atoms with Crippen molar-refractivity contribution in [3.8, 4) is 11.5 Å². The molecule has 96 valence electrons. The lowest BCUT2D eigenvalue weighted by Crippen LogP contribution is -2.58. The van der Waals surface area contributed by atoms with E-state index in [-0.39, 0.29) is 5.60 Å². The maximum atomic E-state index is 5.73. The van der Waals surface area contributed by atoms with Crippen molar-refractivity contribution in [1.82, 2.24) is 25.0 Å². The first kappa shape index (κ1) is 11.4. The molecule has 1 saturated heterocycles. The standard InChI is InChI=1S/C11H15N5O2/c1-11(5-13-6-11)17-4-9-14-10(15-18-9)8-3-12-7-16(8)2/h3,7,13H,4-6H2,1-2H3. The Balaban J connectivity index is 1.68. The maximum absolute atomic E-state index is 5.73. The van der Waals surface area contributed by atoms with E-state index < -0.39 is 0 Å². The average molecular weight is 249 g/mol. The third-order valence-electron chi connectivity index (χ3n) is 3.06. The normalized spacial score (nSPS) is 17.7. The lowest BCUT2D eigenvalue weighted by atomic mass is 10.0. The lowest BCUT2D eigenvalue weighted by molar-refractivity contribution is -0.0841. The summed E-state index contributed by atoms with van der Waals surface area (Å²) in [6, 6.07) is 0. The van der Waals surface area contributed by atoms with Gasteiger partial charge in [-0.1, -0.05) is 5.16 Å². The molecular weight excluding hydrogens is 234 g/mol. The topological polar surface area (TPSA) is 78.0 Å². The number of aryl methyl sites for hydroxylation is 1. The molecule has 0 saturated carbocycles. The second-order valence-corrected chi connectivity index (χ2v) is 4.74. The Morgan fingerprint density at radius 1 is 1.56 bits per heavy atom. The van der Waals surface area contributed by atoms with Crippen molar-refractivity contribution in [2.45, 2.75) is 19.1 Å².